The summed E-state index contributed by atoms with van der Waals surface area (Å²) in [6.07, 6.45) is -6.54. The number of rotatable bonds is 3. The predicted molar refractivity (Wildman–Crippen MR) is 80.4 cm³/mol. The highest BCUT2D eigenvalue weighted by Crippen LogP contribution is 2.50. The molecule has 9 heteroatoms. The number of nitrogens with zero attached hydrogens (tertiary/aromatic N) is 1. The second-order valence-electron chi connectivity index (χ2n) is 5.32. The zero-order valence-corrected chi connectivity index (χ0v) is 13.1. The number of halogens is 3. The molecule has 2 aromatic rings. The van der Waals surface area contributed by atoms with Gasteiger partial charge in [0.2, 0.25) is 0 Å². The minimum atomic E-state index is -2.58. The van der Waals surface area contributed by atoms with E-state index in [1.54, 1.807) is 6.07 Å². The van der Waals surface area contributed by atoms with E-state index < -0.39 is 40.9 Å². The van der Waals surface area contributed by atoms with Crippen molar-refractivity contribution in [1.29, 1.82) is 5.26 Å². The molecular weight excluding hydrogens is 359 g/mol. The zero-order chi connectivity index (χ0) is 18.3. The maximum atomic E-state index is 14.3. The summed E-state index contributed by atoms with van der Waals surface area (Å²) in [4.78, 5) is -0.338. The number of ether oxygens (including phenoxy) is 1. The van der Waals surface area contributed by atoms with Gasteiger partial charge >= 0.3 is 0 Å². The van der Waals surface area contributed by atoms with Gasteiger partial charge in [-0.15, -0.1) is 0 Å². The average molecular weight is 369 g/mol. The molecule has 5 nitrogen and oxygen atoms in total. The second-order valence-corrected chi connectivity index (χ2v) is 6.26. The average Bonchev–Trinajstić information content (AvgIpc) is 2.79. The van der Waals surface area contributed by atoms with Gasteiger partial charge in [0.1, 0.15) is 23.4 Å². The molecule has 3 rings (SSSR count). The van der Waals surface area contributed by atoms with Crippen LogP contribution < -0.4 is 4.74 Å². The van der Waals surface area contributed by atoms with Crippen LogP contribution in [0.5, 0.6) is 11.5 Å². The lowest BCUT2D eigenvalue weighted by Crippen LogP contribution is -2.10. The monoisotopic (exact) mass is 369 g/mol. The summed E-state index contributed by atoms with van der Waals surface area (Å²) in [7, 11) is 0. The third-order valence-corrected chi connectivity index (χ3v) is 4.51. The number of hydrogen-bond donors (Lipinski definition) is 2. The molecule has 1 aliphatic rings. The molecule has 25 heavy (non-hydrogen) atoms. The molecular formula is C16H10F3NO4S. The Hall–Kier alpha value is -2.41. The summed E-state index contributed by atoms with van der Waals surface area (Å²) in [5.74, 6) is -1.15. The van der Waals surface area contributed by atoms with Gasteiger partial charge in [-0.25, -0.2) is 17.4 Å². The normalized spacial score (nSPS) is 23.0. The Morgan fingerprint density at radius 1 is 1.20 bits per heavy atom. The fourth-order valence-corrected chi connectivity index (χ4v) is 3.32. The first-order valence-electron chi connectivity index (χ1n) is 6.96. The SMILES string of the molecule is N#Cc1cc(F)cc(Oc2ccc(S(=O)O)c3c2C(F)C(F)C3O)c1. The number of aliphatic hydroxyl groups excluding tert-OH is 1. The van der Waals surface area contributed by atoms with Crippen molar-refractivity contribution in [3.8, 4) is 17.6 Å². The Labute approximate surface area is 142 Å². The highest BCUT2D eigenvalue weighted by molar-refractivity contribution is 7.79. The van der Waals surface area contributed by atoms with Gasteiger partial charge in [-0.1, -0.05) is 0 Å². The van der Waals surface area contributed by atoms with Gasteiger partial charge in [0.05, 0.1) is 16.5 Å². The fourth-order valence-electron chi connectivity index (χ4n) is 2.72. The number of alkyl halides is 2. The van der Waals surface area contributed by atoms with Gasteiger partial charge < -0.3 is 14.4 Å². The number of benzene rings is 2. The highest BCUT2D eigenvalue weighted by Gasteiger charge is 2.45. The lowest BCUT2D eigenvalue weighted by Gasteiger charge is -2.14. The van der Waals surface area contributed by atoms with Crippen molar-refractivity contribution in [3.63, 3.8) is 0 Å². The first-order valence-corrected chi connectivity index (χ1v) is 8.06. The van der Waals surface area contributed by atoms with Crippen LogP contribution in [0.1, 0.15) is 29.0 Å². The smallest absolute Gasteiger partial charge is 0.186 e. The molecule has 2 aromatic carbocycles. The molecule has 1 aliphatic carbocycles. The van der Waals surface area contributed by atoms with Crippen LogP contribution in [0.3, 0.4) is 0 Å². The highest BCUT2D eigenvalue weighted by atomic mass is 32.2. The Morgan fingerprint density at radius 3 is 2.56 bits per heavy atom. The van der Waals surface area contributed by atoms with Crippen LogP contribution in [0.4, 0.5) is 13.2 Å². The lowest BCUT2D eigenvalue weighted by atomic mass is 10.1. The van der Waals surface area contributed by atoms with Crippen molar-refractivity contribution in [1.82, 2.24) is 0 Å². The van der Waals surface area contributed by atoms with Gasteiger partial charge in [0, 0.05) is 17.2 Å². The van der Waals surface area contributed by atoms with Gasteiger partial charge in [-0.05, 0) is 24.3 Å². The molecule has 4 atom stereocenters. The van der Waals surface area contributed by atoms with Crippen molar-refractivity contribution in [2.24, 2.45) is 0 Å². The Kier molecular flexibility index (Phi) is 4.51. The fraction of sp³-hybridized carbons (Fsp3) is 0.188. The first kappa shape index (κ1) is 17.4. The van der Waals surface area contributed by atoms with E-state index in [1.807, 2.05) is 0 Å². The molecule has 0 bridgehead atoms. The van der Waals surface area contributed by atoms with E-state index in [4.69, 9.17) is 10.00 Å². The van der Waals surface area contributed by atoms with Crippen molar-refractivity contribution in [2.45, 2.75) is 23.3 Å². The van der Waals surface area contributed by atoms with Crippen molar-refractivity contribution in [2.75, 3.05) is 0 Å². The van der Waals surface area contributed by atoms with E-state index in [-0.39, 0.29) is 27.5 Å². The maximum Gasteiger partial charge on any atom is 0.186 e. The molecule has 0 fully saturated rings. The molecule has 0 aromatic heterocycles. The van der Waals surface area contributed by atoms with Crippen LogP contribution in [0, 0.1) is 17.1 Å². The van der Waals surface area contributed by atoms with Crippen molar-refractivity contribution < 1.29 is 31.8 Å². The van der Waals surface area contributed by atoms with Crippen LogP contribution in [0.25, 0.3) is 0 Å². The maximum absolute atomic E-state index is 14.3. The van der Waals surface area contributed by atoms with Crippen molar-refractivity contribution >= 4 is 11.1 Å². The first-order chi connectivity index (χ1) is 11.8. The molecule has 0 heterocycles. The summed E-state index contributed by atoms with van der Waals surface area (Å²) < 4.78 is 67.6. The number of aliphatic hydroxyl groups is 1. The van der Waals surface area contributed by atoms with E-state index in [0.717, 1.165) is 24.3 Å². The van der Waals surface area contributed by atoms with Gasteiger partial charge in [-0.3, -0.25) is 0 Å². The van der Waals surface area contributed by atoms with E-state index >= 15 is 0 Å². The standard InChI is InChI=1S/C16H10F3NO4S/c17-8-3-7(6-20)4-9(5-8)24-10-1-2-11(25(22)23)13-12(10)14(18)15(19)16(13)21/h1-5,14-16,21H,(H,22,23). The number of hydrogen-bond acceptors (Lipinski definition) is 4. The van der Waals surface area contributed by atoms with Crippen LogP contribution in [-0.4, -0.2) is 20.0 Å². The van der Waals surface area contributed by atoms with Gasteiger partial charge in [0.15, 0.2) is 23.4 Å². The summed E-state index contributed by atoms with van der Waals surface area (Å²) in [6.45, 7) is 0. The Bertz CT molecular complexity index is 915. The molecule has 0 saturated carbocycles. The van der Waals surface area contributed by atoms with Crippen LogP contribution in [0.15, 0.2) is 35.2 Å². The Balaban J connectivity index is 2.12. The van der Waals surface area contributed by atoms with E-state index in [1.165, 1.54) is 6.07 Å². The molecule has 0 radical (unpaired) electrons. The molecule has 0 amide bonds. The topological polar surface area (TPSA) is 90.5 Å². The summed E-state index contributed by atoms with van der Waals surface area (Å²) in [5.41, 5.74) is -0.821. The number of fused-ring (bicyclic) bond motifs is 1. The number of nitriles is 1. The quantitative estimate of drug-likeness (QED) is 0.809. The third-order valence-electron chi connectivity index (χ3n) is 3.78. The molecule has 0 saturated heterocycles. The molecule has 130 valence electrons. The van der Waals surface area contributed by atoms with Crippen LogP contribution in [-0.2, 0) is 11.1 Å². The molecule has 0 aliphatic heterocycles. The van der Waals surface area contributed by atoms with E-state index in [0.29, 0.717) is 0 Å². The molecule has 2 N–H and O–H groups in total. The van der Waals surface area contributed by atoms with E-state index in [2.05, 4.69) is 0 Å². The third kappa shape index (κ3) is 3.00. The lowest BCUT2D eigenvalue weighted by molar-refractivity contribution is 0.0454. The Morgan fingerprint density at radius 2 is 1.92 bits per heavy atom. The van der Waals surface area contributed by atoms with Crippen LogP contribution in [0.2, 0.25) is 0 Å². The minimum Gasteiger partial charge on any atom is -0.457 e. The zero-order valence-electron chi connectivity index (χ0n) is 12.3. The van der Waals surface area contributed by atoms with Crippen molar-refractivity contribution in [3.05, 3.63) is 52.8 Å². The van der Waals surface area contributed by atoms with E-state index in [9.17, 15) is 27.0 Å². The summed E-state index contributed by atoms with van der Waals surface area (Å²) >= 11 is -2.58. The van der Waals surface area contributed by atoms with Gasteiger partial charge in [-0.2, -0.15) is 5.26 Å². The summed E-state index contributed by atoms with van der Waals surface area (Å²) in [6, 6.07) is 7.04. The molecule has 0 spiro atoms. The van der Waals surface area contributed by atoms with Gasteiger partial charge in [0.25, 0.3) is 0 Å². The predicted octanol–water partition coefficient (Wildman–Crippen LogP) is 3.47. The minimum absolute atomic E-state index is 0.0417. The van der Waals surface area contributed by atoms with Crippen LogP contribution >= 0.6 is 0 Å². The largest absolute Gasteiger partial charge is 0.457 e. The summed E-state index contributed by atoms with van der Waals surface area (Å²) in [5, 5.41) is 18.7. The second kappa shape index (κ2) is 6.48. The molecule has 4 unspecified atom stereocenters.